The number of hydrogen-bond acceptors (Lipinski definition) is 4. The summed E-state index contributed by atoms with van der Waals surface area (Å²) in [7, 11) is 1.64. The van der Waals surface area contributed by atoms with Crippen LogP contribution < -0.4 is 10.5 Å². The molecule has 1 heterocycles. The van der Waals surface area contributed by atoms with Crippen LogP contribution in [0.25, 0.3) is 0 Å². The first-order valence-corrected chi connectivity index (χ1v) is 7.56. The van der Waals surface area contributed by atoms with Crippen LogP contribution in [0, 0.1) is 0 Å². The Bertz CT molecular complexity index is 457. The molecule has 1 aromatic rings. The van der Waals surface area contributed by atoms with Gasteiger partial charge in [-0.2, -0.15) is 0 Å². The van der Waals surface area contributed by atoms with Gasteiger partial charge < -0.3 is 15.4 Å². The van der Waals surface area contributed by atoms with Crippen LogP contribution in [0.1, 0.15) is 12.0 Å². The van der Waals surface area contributed by atoms with Gasteiger partial charge in [-0.15, -0.1) is 0 Å². The number of methoxy groups -OCH3 is 1. The highest BCUT2D eigenvalue weighted by Crippen LogP contribution is 2.14. The Balaban J connectivity index is 1.81. The third-order valence-corrected chi connectivity index (χ3v) is 3.89. The van der Waals surface area contributed by atoms with Crippen LogP contribution >= 0.6 is 0 Å². The number of benzene rings is 1. The van der Waals surface area contributed by atoms with Crippen LogP contribution in [0.4, 0.5) is 0 Å². The molecule has 0 radical (unpaired) electrons. The third kappa shape index (κ3) is 4.72. The summed E-state index contributed by atoms with van der Waals surface area (Å²) < 4.78 is 5.19. The van der Waals surface area contributed by atoms with Crippen molar-refractivity contribution < 1.29 is 9.53 Å². The lowest BCUT2D eigenvalue weighted by Crippen LogP contribution is -2.49. The normalized spacial score (nSPS) is 16.0. The van der Waals surface area contributed by atoms with E-state index in [0.29, 0.717) is 6.42 Å². The van der Waals surface area contributed by atoms with E-state index in [-0.39, 0.29) is 5.91 Å². The molecule has 21 heavy (non-hydrogen) atoms. The Hall–Kier alpha value is -1.59. The van der Waals surface area contributed by atoms with E-state index in [1.54, 1.807) is 7.11 Å². The number of hydrogen-bond donors (Lipinski definition) is 1. The van der Waals surface area contributed by atoms with E-state index >= 15 is 0 Å². The monoisotopic (exact) mass is 291 g/mol. The number of piperazine rings is 1. The second-order valence-corrected chi connectivity index (χ2v) is 5.39. The topological polar surface area (TPSA) is 58.8 Å². The van der Waals surface area contributed by atoms with Crippen molar-refractivity contribution in [1.29, 1.82) is 0 Å². The lowest BCUT2D eigenvalue weighted by Gasteiger charge is -2.34. The number of rotatable bonds is 6. The molecule has 0 unspecified atom stereocenters. The third-order valence-electron chi connectivity index (χ3n) is 3.89. The zero-order valence-electron chi connectivity index (χ0n) is 12.8. The first kappa shape index (κ1) is 15.8. The standard InChI is InChI=1S/C16H25N3O2/c1-21-15-5-2-4-14(12-15)13-16(20)19-10-8-18(9-11-19)7-3-6-17/h2,4-5,12H,3,6-11,13,17H2,1H3. The van der Waals surface area contributed by atoms with Crippen LogP contribution in [-0.2, 0) is 11.2 Å². The summed E-state index contributed by atoms with van der Waals surface area (Å²) in [5, 5.41) is 0. The molecule has 2 rings (SSSR count). The van der Waals surface area contributed by atoms with Gasteiger partial charge in [0, 0.05) is 26.2 Å². The molecule has 1 amide bonds. The van der Waals surface area contributed by atoms with Crippen LogP contribution in [0.2, 0.25) is 0 Å². The number of nitrogens with zero attached hydrogens (tertiary/aromatic N) is 2. The van der Waals surface area contributed by atoms with Gasteiger partial charge in [-0.25, -0.2) is 0 Å². The number of ether oxygens (including phenoxy) is 1. The maximum atomic E-state index is 12.3. The van der Waals surface area contributed by atoms with Crippen LogP contribution in [0.5, 0.6) is 5.75 Å². The van der Waals surface area contributed by atoms with Crippen molar-refractivity contribution >= 4 is 5.91 Å². The van der Waals surface area contributed by atoms with Crippen molar-refractivity contribution in [3.63, 3.8) is 0 Å². The minimum absolute atomic E-state index is 0.196. The predicted molar refractivity (Wildman–Crippen MR) is 83.4 cm³/mol. The van der Waals surface area contributed by atoms with E-state index in [1.807, 2.05) is 29.2 Å². The van der Waals surface area contributed by atoms with E-state index in [0.717, 1.165) is 57.0 Å². The average molecular weight is 291 g/mol. The molecule has 0 saturated carbocycles. The quantitative estimate of drug-likeness (QED) is 0.839. The highest BCUT2D eigenvalue weighted by Gasteiger charge is 2.20. The Labute approximate surface area is 126 Å². The van der Waals surface area contributed by atoms with Gasteiger partial charge in [-0.05, 0) is 37.2 Å². The molecule has 0 atom stereocenters. The van der Waals surface area contributed by atoms with Gasteiger partial charge in [-0.1, -0.05) is 12.1 Å². The molecule has 0 spiro atoms. The van der Waals surface area contributed by atoms with Crippen molar-refractivity contribution in [3.05, 3.63) is 29.8 Å². The van der Waals surface area contributed by atoms with Crippen molar-refractivity contribution in [2.24, 2.45) is 5.73 Å². The molecule has 5 nitrogen and oxygen atoms in total. The molecule has 1 aliphatic rings. The Morgan fingerprint density at radius 2 is 2.05 bits per heavy atom. The molecule has 1 saturated heterocycles. The van der Waals surface area contributed by atoms with Crippen molar-refractivity contribution in [3.8, 4) is 5.75 Å². The van der Waals surface area contributed by atoms with E-state index in [2.05, 4.69) is 4.90 Å². The molecule has 1 aliphatic heterocycles. The summed E-state index contributed by atoms with van der Waals surface area (Å²) in [5.74, 6) is 0.994. The van der Waals surface area contributed by atoms with Gasteiger partial charge in [0.2, 0.25) is 5.91 Å². The minimum atomic E-state index is 0.196. The first-order valence-electron chi connectivity index (χ1n) is 7.56. The largest absolute Gasteiger partial charge is 0.497 e. The molecule has 1 aromatic carbocycles. The molecule has 116 valence electrons. The van der Waals surface area contributed by atoms with Crippen molar-refractivity contribution in [2.45, 2.75) is 12.8 Å². The summed E-state index contributed by atoms with van der Waals surface area (Å²) in [5.41, 5.74) is 6.53. The fourth-order valence-electron chi connectivity index (χ4n) is 2.60. The molecule has 0 aliphatic carbocycles. The molecule has 0 aromatic heterocycles. The lowest BCUT2D eigenvalue weighted by atomic mass is 10.1. The Kier molecular flexibility index (Phi) is 6.02. The summed E-state index contributed by atoms with van der Waals surface area (Å²) in [4.78, 5) is 16.7. The van der Waals surface area contributed by atoms with Gasteiger partial charge in [0.1, 0.15) is 5.75 Å². The van der Waals surface area contributed by atoms with Crippen LogP contribution in [0.15, 0.2) is 24.3 Å². The predicted octanol–water partition coefficient (Wildman–Crippen LogP) is 0.731. The highest BCUT2D eigenvalue weighted by molar-refractivity contribution is 5.79. The summed E-state index contributed by atoms with van der Waals surface area (Å²) in [6, 6.07) is 7.71. The molecular weight excluding hydrogens is 266 g/mol. The average Bonchev–Trinajstić information content (AvgIpc) is 2.53. The van der Waals surface area contributed by atoms with E-state index in [9.17, 15) is 4.79 Å². The molecular formula is C16H25N3O2. The molecule has 1 fully saturated rings. The van der Waals surface area contributed by atoms with Crippen LogP contribution in [0.3, 0.4) is 0 Å². The maximum Gasteiger partial charge on any atom is 0.227 e. The Morgan fingerprint density at radius 3 is 2.71 bits per heavy atom. The van der Waals surface area contributed by atoms with Crippen molar-refractivity contribution in [1.82, 2.24) is 9.80 Å². The maximum absolute atomic E-state index is 12.3. The molecule has 2 N–H and O–H groups in total. The van der Waals surface area contributed by atoms with Crippen molar-refractivity contribution in [2.75, 3.05) is 46.4 Å². The summed E-state index contributed by atoms with van der Waals surface area (Å²) in [6.45, 7) is 5.29. The lowest BCUT2D eigenvalue weighted by molar-refractivity contribution is -0.132. The summed E-state index contributed by atoms with van der Waals surface area (Å²) in [6.07, 6.45) is 1.47. The van der Waals surface area contributed by atoms with Gasteiger partial charge in [0.25, 0.3) is 0 Å². The first-order chi connectivity index (χ1) is 10.2. The van der Waals surface area contributed by atoms with E-state index in [4.69, 9.17) is 10.5 Å². The van der Waals surface area contributed by atoms with Gasteiger partial charge in [0.15, 0.2) is 0 Å². The SMILES string of the molecule is COc1cccc(CC(=O)N2CCN(CCCN)CC2)c1. The second-order valence-electron chi connectivity index (χ2n) is 5.39. The minimum Gasteiger partial charge on any atom is -0.497 e. The highest BCUT2D eigenvalue weighted by atomic mass is 16.5. The number of nitrogens with two attached hydrogens (primary N) is 1. The fourth-order valence-corrected chi connectivity index (χ4v) is 2.60. The summed E-state index contributed by atoms with van der Waals surface area (Å²) >= 11 is 0. The van der Waals surface area contributed by atoms with Crippen LogP contribution in [-0.4, -0.2) is 62.1 Å². The van der Waals surface area contributed by atoms with Gasteiger partial charge >= 0.3 is 0 Å². The van der Waals surface area contributed by atoms with Gasteiger partial charge in [-0.3, -0.25) is 9.69 Å². The van der Waals surface area contributed by atoms with Gasteiger partial charge in [0.05, 0.1) is 13.5 Å². The number of carbonyl (C=O) groups excluding carboxylic acids is 1. The Morgan fingerprint density at radius 1 is 1.29 bits per heavy atom. The second kappa shape index (κ2) is 8.00. The van der Waals surface area contributed by atoms with E-state index < -0.39 is 0 Å². The number of carbonyl (C=O) groups is 1. The zero-order chi connectivity index (χ0) is 15.1. The zero-order valence-corrected chi connectivity index (χ0v) is 12.8. The number of amides is 1. The smallest absolute Gasteiger partial charge is 0.227 e. The molecule has 0 bridgehead atoms. The fraction of sp³-hybridized carbons (Fsp3) is 0.562. The van der Waals surface area contributed by atoms with E-state index in [1.165, 1.54) is 0 Å². The molecule has 5 heteroatoms.